The first-order valence-electron chi connectivity index (χ1n) is 9.75. The van der Waals surface area contributed by atoms with Crippen molar-refractivity contribution < 1.29 is 14.3 Å². The van der Waals surface area contributed by atoms with E-state index in [9.17, 15) is 9.59 Å². The van der Waals surface area contributed by atoms with Gasteiger partial charge in [-0.2, -0.15) is 0 Å². The number of hydrogen-bond donors (Lipinski definition) is 0. The van der Waals surface area contributed by atoms with Crippen molar-refractivity contribution >= 4 is 39.5 Å². The number of benzene rings is 2. The van der Waals surface area contributed by atoms with E-state index in [2.05, 4.69) is 15.9 Å². The molecule has 2 heterocycles. The number of halogens is 1. The Morgan fingerprint density at radius 1 is 1.00 bits per heavy atom. The van der Waals surface area contributed by atoms with Crippen LogP contribution >= 0.6 is 27.7 Å². The summed E-state index contributed by atoms with van der Waals surface area (Å²) in [6, 6.07) is 16.9. The highest BCUT2D eigenvalue weighted by molar-refractivity contribution is 9.10. The van der Waals surface area contributed by atoms with Gasteiger partial charge in [0.2, 0.25) is 0 Å². The zero-order chi connectivity index (χ0) is 20.3. The van der Waals surface area contributed by atoms with Crippen LogP contribution in [-0.2, 0) is 4.79 Å². The third-order valence-corrected chi connectivity index (χ3v) is 7.76. The molecule has 2 aromatic carbocycles. The number of carbonyl (C=O) groups excluding carboxylic acids is 2. The molecule has 29 heavy (non-hydrogen) atoms. The van der Waals surface area contributed by atoms with Gasteiger partial charge in [-0.15, -0.1) is 11.8 Å². The van der Waals surface area contributed by atoms with Gasteiger partial charge in [0.25, 0.3) is 11.8 Å². The van der Waals surface area contributed by atoms with E-state index in [1.54, 1.807) is 0 Å². The summed E-state index contributed by atoms with van der Waals surface area (Å²) in [6.45, 7) is 2.08. The zero-order valence-electron chi connectivity index (χ0n) is 16.1. The minimum Gasteiger partial charge on any atom is -0.484 e. The van der Waals surface area contributed by atoms with Crippen LogP contribution in [0.3, 0.4) is 0 Å². The molecule has 2 aliphatic rings. The largest absolute Gasteiger partial charge is 0.484 e. The first-order chi connectivity index (χ1) is 14.1. The second kappa shape index (κ2) is 8.79. The summed E-state index contributed by atoms with van der Waals surface area (Å²) in [5.41, 5.74) is 0.687. The first-order valence-corrected chi connectivity index (χ1v) is 11.5. The van der Waals surface area contributed by atoms with Gasteiger partial charge in [-0.3, -0.25) is 9.59 Å². The molecule has 1 spiro atoms. The van der Waals surface area contributed by atoms with Crippen LogP contribution in [0.15, 0.2) is 59.1 Å². The second-order valence-electron chi connectivity index (χ2n) is 7.21. The maximum Gasteiger partial charge on any atom is 0.261 e. The van der Waals surface area contributed by atoms with Crippen molar-refractivity contribution in [2.24, 2.45) is 0 Å². The lowest BCUT2D eigenvalue weighted by atomic mass is 10.0. The molecule has 0 bridgehead atoms. The molecule has 0 saturated carbocycles. The summed E-state index contributed by atoms with van der Waals surface area (Å²) in [5.74, 6) is 1.69. The maximum absolute atomic E-state index is 12.9. The third kappa shape index (κ3) is 4.31. The summed E-state index contributed by atoms with van der Waals surface area (Å²) >= 11 is 5.31. The fourth-order valence-electron chi connectivity index (χ4n) is 3.98. The smallest absolute Gasteiger partial charge is 0.261 e. The molecule has 152 valence electrons. The fraction of sp³-hybridized carbons (Fsp3) is 0.364. The van der Waals surface area contributed by atoms with Crippen molar-refractivity contribution in [3.63, 3.8) is 0 Å². The molecule has 5 nitrogen and oxygen atoms in total. The predicted molar refractivity (Wildman–Crippen MR) is 118 cm³/mol. The summed E-state index contributed by atoms with van der Waals surface area (Å²) in [5, 5.41) is 0. The van der Waals surface area contributed by atoms with Gasteiger partial charge < -0.3 is 14.5 Å². The Bertz CT molecular complexity index is 885. The maximum atomic E-state index is 12.9. The molecule has 0 N–H and O–H groups in total. The highest BCUT2D eigenvalue weighted by Crippen LogP contribution is 2.44. The Morgan fingerprint density at radius 2 is 1.69 bits per heavy atom. The van der Waals surface area contributed by atoms with Crippen LogP contribution in [0.4, 0.5) is 0 Å². The van der Waals surface area contributed by atoms with E-state index in [-0.39, 0.29) is 23.3 Å². The number of nitrogens with zero attached hydrogens (tertiary/aromatic N) is 2. The highest BCUT2D eigenvalue weighted by Gasteiger charge is 2.47. The van der Waals surface area contributed by atoms with E-state index in [0.29, 0.717) is 24.4 Å². The number of likely N-dealkylation sites (tertiary alicyclic amines) is 1. The van der Waals surface area contributed by atoms with E-state index in [1.807, 2.05) is 76.2 Å². The normalized spacial score (nSPS) is 18.1. The molecule has 0 aromatic heterocycles. The van der Waals surface area contributed by atoms with E-state index in [1.165, 1.54) is 0 Å². The Labute approximate surface area is 183 Å². The molecule has 0 unspecified atom stereocenters. The number of rotatable bonds is 4. The van der Waals surface area contributed by atoms with Crippen LogP contribution in [0, 0.1) is 0 Å². The topological polar surface area (TPSA) is 49.9 Å². The summed E-state index contributed by atoms with van der Waals surface area (Å²) in [7, 11) is 0. The lowest BCUT2D eigenvalue weighted by Gasteiger charge is -2.44. The molecular formula is C22H23BrN2O3S. The fourth-order valence-corrected chi connectivity index (χ4v) is 5.91. The van der Waals surface area contributed by atoms with Crippen molar-refractivity contribution in [3.8, 4) is 5.75 Å². The number of hydrogen-bond acceptors (Lipinski definition) is 4. The van der Waals surface area contributed by atoms with E-state index in [0.717, 1.165) is 29.6 Å². The zero-order valence-corrected chi connectivity index (χ0v) is 18.5. The monoisotopic (exact) mass is 474 g/mol. The van der Waals surface area contributed by atoms with Gasteiger partial charge in [0.1, 0.15) is 5.75 Å². The van der Waals surface area contributed by atoms with Crippen molar-refractivity contribution in [1.82, 2.24) is 9.80 Å². The third-order valence-electron chi connectivity index (χ3n) is 5.52. The Kier molecular flexibility index (Phi) is 6.15. The summed E-state index contributed by atoms with van der Waals surface area (Å²) < 4.78 is 6.49. The lowest BCUT2D eigenvalue weighted by molar-refractivity contribution is -0.136. The summed E-state index contributed by atoms with van der Waals surface area (Å²) in [4.78, 5) is 29.4. The number of carbonyl (C=O) groups is 2. The average Bonchev–Trinajstić information content (AvgIpc) is 3.16. The number of para-hydroxylation sites is 1. The molecule has 0 atom stereocenters. The molecule has 7 heteroatoms. The number of thioether (sulfide) groups is 1. The lowest BCUT2D eigenvalue weighted by Crippen LogP contribution is -2.54. The van der Waals surface area contributed by atoms with Crippen LogP contribution in [0.5, 0.6) is 5.75 Å². The van der Waals surface area contributed by atoms with Gasteiger partial charge in [-0.1, -0.05) is 30.3 Å². The van der Waals surface area contributed by atoms with Crippen LogP contribution in [0.1, 0.15) is 23.2 Å². The van der Waals surface area contributed by atoms with E-state index < -0.39 is 0 Å². The molecule has 2 aliphatic heterocycles. The number of ether oxygens (including phenoxy) is 1. The van der Waals surface area contributed by atoms with Gasteiger partial charge in [-0.05, 0) is 53.0 Å². The van der Waals surface area contributed by atoms with E-state index >= 15 is 0 Å². The molecule has 2 amide bonds. The molecular weight excluding hydrogens is 452 g/mol. The van der Waals surface area contributed by atoms with Crippen LogP contribution in [0.25, 0.3) is 0 Å². The average molecular weight is 475 g/mol. The molecule has 2 saturated heterocycles. The molecule has 2 aromatic rings. The molecule has 2 fully saturated rings. The Hall–Kier alpha value is -1.99. The van der Waals surface area contributed by atoms with Gasteiger partial charge >= 0.3 is 0 Å². The van der Waals surface area contributed by atoms with E-state index in [4.69, 9.17) is 4.74 Å². The van der Waals surface area contributed by atoms with Crippen LogP contribution in [-0.4, -0.2) is 58.5 Å². The minimum atomic E-state index is -0.220. The number of piperidine rings is 1. The van der Waals surface area contributed by atoms with Crippen molar-refractivity contribution in [2.45, 2.75) is 17.7 Å². The first kappa shape index (κ1) is 20.3. The Morgan fingerprint density at radius 3 is 2.41 bits per heavy atom. The van der Waals surface area contributed by atoms with Gasteiger partial charge in [0, 0.05) is 29.9 Å². The number of amides is 2. The standard InChI is InChI=1S/C22H23BrN2O3S/c23-19-9-5-4-8-18(19)21(27)24-12-10-22(11-13-24)25(14-15-29-22)20(26)16-28-17-6-2-1-3-7-17/h1-9H,10-16H2. The van der Waals surface area contributed by atoms with Crippen LogP contribution in [0.2, 0.25) is 0 Å². The van der Waals surface area contributed by atoms with Crippen molar-refractivity contribution in [1.29, 1.82) is 0 Å². The van der Waals surface area contributed by atoms with Crippen molar-refractivity contribution in [3.05, 3.63) is 64.6 Å². The second-order valence-corrected chi connectivity index (χ2v) is 9.52. The van der Waals surface area contributed by atoms with Gasteiger partial charge in [0.15, 0.2) is 6.61 Å². The summed E-state index contributed by atoms with van der Waals surface area (Å²) in [6.07, 6.45) is 1.57. The molecule has 4 rings (SSSR count). The highest BCUT2D eigenvalue weighted by atomic mass is 79.9. The quantitative estimate of drug-likeness (QED) is 0.670. The molecule has 0 aliphatic carbocycles. The predicted octanol–water partition coefficient (Wildman–Crippen LogP) is 4.04. The SMILES string of the molecule is O=C(c1ccccc1Br)N1CCC2(CC1)SCCN2C(=O)COc1ccccc1. The minimum absolute atomic E-state index is 0.0180. The Balaban J connectivity index is 1.38. The van der Waals surface area contributed by atoms with Crippen molar-refractivity contribution in [2.75, 3.05) is 32.0 Å². The molecule has 0 radical (unpaired) electrons. The van der Waals surface area contributed by atoms with Gasteiger partial charge in [-0.25, -0.2) is 0 Å². The van der Waals surface area contributed by atoms with Gasteiger partial charge in [0.05, 0.1) is 10.4 Å². The van der Waals surface area contributed by atoms with Crippen LogP contribution < -0.4 is 4.74 Å².